The number of aliphatic hydroxyl groups is 1. The molecule has 0 spiro atoms. The second-order valence-electron chi connectivity index (χ2n) is 7.26. The Labute approximate surface area is 185 Å². The van der Waals surface area contributed by atoms with Crippen LogP contribution in [0.25, 0.3) is 11.6 Å². The summed E-state index contributed by atoms with van der Waals surface area (Å²) in [7, 11) is 5.61. The number of methoxy groups -OCH3 is 1. The molecule has 0 fully saturated rings. The SMILES string of the molecule is COc1ccccc1Nc1nc(C2=Cc3cccc(OCCN(C)C)c3OC2O)cs1. The van der Waals surface area contributed by atoms with Gasteiger partial charge in [0, 0.05) is 23.1 Å². The molecule has 0 bridgehead atoms. The molecule has 8 heteroatoms. The average Bonchev–Trinajstić information content (AvgIpc) is 3.22. The average molecular weight is 440 g/mol. The summed E-state index contributed by atoms with van der Waals surface area (Å²) in [6, 6.07) is 13.3. The van der Waals surface area contributed by atoms with Crippen LogP contribution in [0.2, 0.25) is 0 Å². The molecule has 7 nitrogen and oxygen atoms in total. The first-order valence-electron chi connectivity index (χ1n) is 9.88. The van der Waals surface area contributed by atoms with E-state index in [0.29, 0.717) is 34.5 Å². The first kappa shape index (κ1) is 21.2. The zero-order valence-electron chi connectivity index (χ0n) is 17.7. The van der Waals surface area contributed by atoms with E-state index in [1.54, 1.807) is 7.11 Å². The van der Waals surface area contributed by atoms with Gasteiger partial charge in [0.2, 0.25) is 6.29 Å². The van der Waals surface area contributed by atoms with Crippen LogP contribution in [0.3, 0.4) is 0 Å². The lowest BCUT2D eigenvalue weighted by Crippen LogP contribution is -2.23. The van der Waals surface area contributed by atoms with Gasteiger partial charge in [-0.1, -0.05) is 24.3 Å². The molecule has 1 unspecified atom stereocenters. The highest BCUT2D eigenvalue weighted by Gasteiger charge is 2.26. The van der Waals surface area contributed by atoms with Gasteiger partial charge in [0.25, 0.3) is 0 Å². The molecule has 162 valence electrons. The summed E-state index contributed by atoms with van der Waals surface area (Å²) >= 11 is 1.44. The Morgan fingerprint density at radius 3 is 2.77 bits per heavy atom. The molecule has 0 saturated heterocycles. The van der Waals surface area contributed by atoms with E-state index in [0.717, 1.165) is 23.5 Å². The Morgan fingerprint density at radius 2 is 1.97 bits per heavy atom. The van der Waals surface area contributed by atoms with Gasteiger partial charge in [-0.25, -0.2) is 4.98 Å². The largest absolute Gasteiger partial charge is 0.495 e. The number of nitrogens with one attached hydrogen (secondary N) is 1. The number of hydrogen-bond acceptors (Lipinski definition) is 8. The molecule has 4 rings (SSSR count). The molecule has 1 atom stereocenters. The number of hydrogen-bond donors (Lipinski definition) is 2. The lowest BCUT2D eigenvalue weighted by atomic mass is 10.0. The number of likely N-dealkylation sites (N-methyl/N-ethyl adjacent to an activating group) is 1. The summed E-state index contributed by atoms with van der Waals surface area (Å²) in [4.78, 5) is 6.67. The highest BCUT2D eigenvalue weighted by molar-refractivity contribution is 7.13. The maximum atomic E-state index is 10.7. The van der Waals surface area contributed by atoms with Gasteiger partial charge >= 0.3 is 0 Å². The second-order valence-corrected chi connectivity index (χ2v) is 8.12. The molecule has 2 heterocycles. The molecule has 31 heavy (non-hydrogen) atoms. The fraction of sp³-hybridized carbons (Fsp3) is 0.261. The highest BCUT2D eigenvalue weighted by Crippen LogP contribution is 2.40. The van der Waals surface area contributed by atoms with Gasteiger partial charge in [-0.2, -0.15) is 0 Å². The first-order chi connectivity index (χ1) is 15.0. The van der Waals surface area contributed by atoms with Crippen molar-refractivity contribution in [1.82, 2.24) is 9.88 Å². The lowest BCUT2D eigenvalue weighted by molar-refractivity contribution is 0.0289. The van der Waals surface area contributed by atoms with Crippen molar-refractivity contribution in [3.63, 3.8) is 0 Å². The van der Waals surface area contributed by atoms with Crippen molar-refractivity contribution in [3.8, 4) is 17.2 Å². The van der Waals surface area contributed by atoms with E-state index in [9.17, 15) is 5.11 Å². The number of aliphatic hydroxyl groups excluding tert-OH is 1. The molecular weight excluding hydrogens is 414 g/mol. The van der Waals surface area contributed by atoms with Gasteiger partial charge in [0.05, 0.1) is 18.5 Å². The van der Waals surface area contributed by atoms with Gasteiger partial charge in [0.15, 0.2) is 16.6 Å². The standard InChI is InChI=1S/C23H25N3O4S/c1-26(2)11-12-29-20-10-6-7-15-13-16(22(27)30-21(15)20)18-14-31-23(25-18)24-17-8-4-5-9-19(17)28-3/h4-10,13-14,22,27H,11-12H2,1-3H3,(H,24,25). The van der Waals surface area contributed by atoms with E-state index in [2.05, 4.69) is 10.3 Å². The molecule has 0 saturated carbocycles. The molecule has 0 amide bonds. The van der Waals surface area contributed by atoms with Crippen LogP contribution in [-0.2, 0) is 0 Å². The summed E-state index contributed by atoms with van der Waals surface area (Å²) < 4.78 is 17.1. The molecule has 2 N–H and O–H groups in total. The number of fused-ring (bicyclic) bond motifs is 1. The molecule has 0 aliphatic carbocycles. The molecule has 2 aromatic carbocycles. The highest BCUT2D eigenvalue weighted by atomic mass is 32.1. The van der Waals surface area contributed by atoms with Crippen molar-refractivity contribution < 1.29 is 19.3 Å². The lowest BCUT2D eigenvalue weighted by Gasteiger charge is -2.24. The summed E-state index contributed by atoms with van der Waals surface area (Å²) in [6.07, 6.45) is 0.761. The fourth-order valence-electron chi connectivity index (χ4n) is 3.17. The van der Waals surface area contributed by atoms with Crippen LogP contribution in [-0.4, -0.2) is 55.6 Å². The monoisotopic (exact) mass is 439 g/mol. The van der Waals surface area contributed by atoms with Crippen LogP contribution in [0, 0.1) is 0 Å². The summed E-state index contributed by atoms with van der Waals surface area (Å²) in [5.74, 6) is 1.89. The Balaban J connectivity index is 1.55. The molecule has 1 aliphatic heterocycles. The van der Waals surface area contributed by atoms with E-state index in [-0.39, 0.29) is 0 Å². The van der Waals surface area contributed by atoms with Crippen LogP contribution >= 0.6 is 11.3 Å². The maximum absolute atomic E-state index is 10.7. The number of ether oxygens (including phenoxy) is 3. The third kappa shape index (κ3) is 4.82. The predicted octanol–water partition coefficient (Wildman–Crippen LogP) is 4.09. The van der Waals surface area contributed by atoms with E-state index in [1.807, 2.05) is 72.9 Å². The van der Waals surface area contributed by atoms with E-state index in [1.165, 1.54) is 11.3 Å². The second kappa shape index (κ2) is 9.38. The topological polar surface area (TPSA) is 76.1 Å². The fourth-order valence-corrected chi connectivity index (χ4v) is 3.90. The molecule has 1 aliphatic rings. The third-order valence-electron chi connectivity index (χ3n) is 4.76. The number of anilines is 2. The number of nitrogens with zero attached hydrogens (tertiary/aromatic N) is 2. The summed E-state index contributed by atoms with van der Waals surface area (Å²) in [6.45, 7) is 1.32. The van der Waals surface area contributed by atoms with Crippen molar-refractivity contribution in [3.05, 3.63) is 59.1 Å². The minimum Gasteiger partial charge on any atom is -0.495 e. The van der Waals surface area contributed by atoms with Crippen molar-refractivity contribution in [2.75, 3.05) is 39.7 Å². The zero-order valence-corrected chi connectivity index (χ0v) is 18.5. The van der Waals surface area contributed by atoms with Gasteiger partial charge in [-0.3, -0.25) is 0 Å². The van der Waals surface area contributed by atoms with Crippen LogP contribution in [0.15, 0.2) is 47.8 Å². The van der Waals surface area contributed by atoms with Gasteiger partial charge < -0.3 is 29.5 Å². The predicted molar refractivity (Wildman–Crippen MR) is 123 cm³/mol. The minimum absolute atomic E-state index is 0.531. The number of para-hydroxylation sites is 3. The number of aromatic nitrogens is 1. The van der Waals surface area contributed by atoms with Gasteiger partial charge in [0.1, 0.15) is 12.4 Å². The smallest absolute Gasteiger partial charge is 0.226 e. The number of benzene rings is 2. The molecule has 1 aromatic heterocycles. The Bertz CT molecular complexity index is 1080. The van der Waals surface area contributed by atoms with E-state index < -0.39 is 6.29 Å². The van der Waals surface area contributed by atoms with Crippen molar-refractivity contribution in [2.24, 2.45) is 0 Å². The maximum Gasteiger partial charge on any atom is 0.226 e. The first-order valence-corrected chi connectivity index (χ1v) is 10.8. The van der Waals surface area contributed by atoms with Crippen molar-refractivity contribution in [1.29, 1.82) is 0 Å². The third-order valence-corrected chi connectivity index (χ3v) is 5.52. The molecule has 0 radical (unpaired) electrons. The minimum atomic E-state index is -1.13. The van der Waals surface area contributed by atoms with Crippen LogP contribution < -0.4 is 19.5 Å². The van der Waals surface area contributed by atoms with Crippen LogP contribution in [0.4, 0.5) is 10.8 Å². The number of thiazole rings is 1. The van der Waals surface area contributed by atoms with Crippen molar-refractivity contribution in [2.45, 2.75) is 6.29 Å². The Kier molecular flexibility index (Phi) is 6.41. The van der Waals surface area contributed by atoms with Crippen LogP contribution in [0.5, 0.6) is 17.2 Å². The van der Waals surface area contributed by atoms with Gasteiger partial charge in [-0.05, 0) is 38.4 Å². The Morgan fingerprint density at radius 1 is 1.16 bits per heavy atom. The summed E-state index contributed by atoms with van der Waals surface area (Å²) in [5, 5.41) is 16.5. The van der Waals surface area contributed by atoms with Crippen LogP contribution in [0.1, 0.15) is 11.3 Å². The Hall–Kier alpha value is -3.07. The summed E-state index contributed by atoms with van der Waals surface area (Å²) in [5.41, 5.74) is 2.92. The number of rotatable bonds is 8. The van der Waals surface area contributed by atoms with Gasteiger partial charge in [-0.15, -0.1) is 11.3 Å². The zero-order chi connectivity index (χ0) is 21.8. The van der Waals surface area contributed by atoms with Crippen molar-refractivity contribution >= 4 is 33.8 Å². The quantitative estimate of drug-likeness (QED) is 0.548. The normalized spacial score (nSPS) is 15.1. The molecular formula is C23H25N3O4S. The van der Waals surface area contributed by atoms with E-state index in [4.69, 9.17) is 14.2 Å². The van der Waals surface area contributed by atoms with E-state index >= 15 is 0 Å². The molecule has 3 aromatic rings.